The van der Waals surface area contributed by atoms with Crippen LogP contribution in [0, 0.1) is 17.3 Å². The summed E-state index contributed by atoms with van der Waals surface area (Å²) in [6.45, 7) is 4.22. The molecule has 1 N–H and O–H groups in total. The summed E-state index contributed by atoms with van der Waals surface area (Å²) < 4.78 is 0. The zero-order chi connectivity index (χ0) is 9.64. The summed E-state index contributed by atoms with van der Waals surface area (Å²) >= 11 is 0. The molecule has 2 aliphatic rings. The number of hydrogen-bond donors (Lipinski definition) is 0. The largest absolute Gasteiger partial charge is 0.320 e. The van der Waals surface area contributed by atoms with E-state index in [0.717, 1.165) is 0 Å². The summed E-state index contributed by atoms with van der Waals surface area (Å²) in [7, 11) is 0. The van der Waals surface area contributed by atoms with Crippen molar-refractivity contribution in [1.29, 1.82) is 0 Å². The molecule has 2 nitrogen and oxygen atoms in total. The van der Waals surface area contributed by atoms with Crippen molar-refractivity contribution in [3.8, 4) is 0 Å². The molecule has 0 aromatic heterocycles. The standard InChI is InChI=1S/C11H14O2/c1-7-5-8(12)6-9-10(13)3-4-11(7,9)2/h3-4,7,9H,5-6H2,1-2H3/p+1/t7-,9?,11+/m1/s1. The first-order valence-corrected chi connectivity index (χ1v) is 4.81. The fraction of sp³-hybridized carbons (Fsp3) is 0.636. The number of ketones is 2. The highest BCUT2D eigenvalue weighted by molar-refractivity contribution is 6.00. The van der Waals surface area contributed by atoms with Crippen LogP contribution in [0.5, 0.6) is 0 Å². The first-order chi connectivity index (χ1) is 6.04. The molecule has 3 atom stereocenters. The minimum absolute atomic E-state index is 0.0119. The van der Waals surface area contributed by atoms with Crippen LogP contribution in [0.4, 0.5) is 0 Å². The lowest BCUT2D eigenvalue weighted by Gasteiger charge is -2.37. The van der Waals surface area contributed by atoms with Crippen LogP contribution < -0.4 is 0 Å². The third-order valence-electron chi connectivity index (χ3n) is 3.75. The molecule has 0 radical (unpaired) electrons. The van der Waals surface area contributed by atoms with Crippen LogP contribution >= 0.6 is 0 Å². The fourth-order valence-corrected chi connectivity index (χ4v) is 2.52. The third kappa shape index (κ3) is 1.08. The summed E-state index contributed by atoms with van der Waals surface area (Å²) in [6, 6.07) is 0. The van der Waals surface area contributed by atoms with Gasteiger partial charge in [-0.15, -0.1) is 0 Å². The highest BCUT2D eigenvalue weighted by Crippen LogP contribution is 2.48. The van der Waals surface area contributed by atoms with Gasteiger partial charge in [0.05, 0.1) is 5.92 Å². The Morgan fingerprint density at radius 3 is 2.92 bits per heavy atom. The summed E-state index contributed by atoms with van der Waals surface area (Å²) in [5.41, 5.74) is 0.0119. The van der Waals surface area contributed by atoms with Gasteiger partial charge in [-0.25, -0.2) is 0 Å². The minimum atomic E-state index is 0.0119. The van der Waals surface area contributed by atoms with Gasteiger partial charge < -0.3 is 0 Å². The van der Waals surface area contributed by atoms with Crippen molar-refractivity contribution in [2.24, 2.45) is 17.3 Å². The fourth-order valence-electron chi connectivity index (χ4n) is 2.52. The molecular weight excluding hydrogens is 164 g/mol. The molecule has 0 amide bonds. The Hall–Kier alpha value is -0.920. The summed E-state index contributed by atoms with van der Waals surface area (Å²) in [5, 5.41) is 0. The number of carbonyl (C=O) groups excluding carboxylic acids is 2. The highest BCUT2D eigenvalue weighted by Gasteiger charge is 2.51. The average molecular weight is 179 g/mol. The van der Waals surface area contributed by atoms with E-state index in [1.165, 1.54) is 0 Å². The molecule has 0 aliphatic heterocycles. The molecule has 0 heterocycles. The van der Waals surface area contributed by atoms with Crippen molar-refractivity contribution >= 4 is 11.6 Å². The molecule has 0 aromatic rings. The number of hydrogen-bond acceptors (Lipinski definition) is 1. The minimum Gasteiger partial charge on any atom is -0.300 e. The molecule has 1 fully saturated rings. The maximum atomic E-state index is 11.4. The quantitative estimate of drug-likeness (QED) is 0.522. The molecule has 13 heavy (non-hydrogen) atoms. The monoisotopic (exact) mass is 179 g/mol. The van der Waals surface area contributed by atoms with Crippen molar-refractivity contribution in [3.05, 3.63) is 12.2 Å². The molecule has 2 rings (SSSR count). The van der Waals surface area contributed by atoms with Gasteiger partial charge in [-0.2, -0.15) is 0 Å². The molecule has 2 aliphatic carbocycles. The van der Waals surface area contributed by atoms with Crippen molar-refractivity contribution in [3.63, 3.8) is 0 Å². The van der Waals surface area contributed by atoms with Gasteiger partial charge in [-0.3, -0.25) is 9.59 Å². The summed E-state index contributed by atoms with van der Waals surface area (Å²) in [6.07, 6.45) is 4.99. The predicted molar refractivity (Wildman–Crippen MR) is 51.1 cm³/mol. The zero-order valence-electron chi connectivity index (χ0n) is 8.08. The molecule has 0 spiro atoms. The lowest BCUT2D eigenvalue weighted by atomic mass is 9.63. The Morgan fingerprint density at radius 1 is 1.54 bits per heavy atom. The van der Waals surface area contributed by atoms with E-state index < -0.39 is 0 Å². The van der Waals surface area contributed by atoms with Crippen LogP contribution in [0.15, 0.2) is 12.2 Å². The molecule has 0 aromatic carbocycles. The first kappa shape index (κ1) is 8.67. The summed E-state index contributed by atoms with van der Waals surface area (Å²) in [5.74, 6) is 1.07. The van der Waals surface area contributed by atoms with E-state index in [1.807, 2.05) is 0 Å². The van der Waals surface area contributed by atoms with E-state index in [-0.39, 0.29) is 17.1 Å². The van der Waals surface area contributed by atoms with Crippen LogP contribution in [0.3, 0.4) is 0 Å². The molecule has 1 unspecified atom stereocenters. The Bertz CT molecular complexity index is 303. The second kappa shape index (κ2) is 2.53. The number of allylic oxidation sites excluding steroid dienone is 2. The van der Waals surface area contributed by atoms with Gasteiger partial charge in [0.1, 0.15) is 5.78 Å². The Morgan fingerprint density at radius 2 is 2.23 bits per heavy atom. The van der Waals surface area contributed by atoms with E-state index in [1.54, 1.807) is 6.08 Å². The van der Waals surface area contributed by atoms with Crippen molar-refractivity contribution in [2.45, 2.75) is 26.7 Å². The Balaban J connectivity index is 2.36. The SMILES string of the molecule is C[C@@H]1CC(=O)CC2C(=[OH+])C=C[C@]21C. The molecule has 1 saturated carbocycles. The van der Waals surface area contributed by atoms with Crippen LogP contribution in [-0.4, -0.2) is 16.4 Å². The molecule has 0 saturated heterocycles. The maximum absolute atomic E-state index is 11.4. The first-order valence-electron chi connectivity index (χ1n) is 4.81. The van der Waals surface area contributed by atoms with Crippen LogP contribution in [0.1, 0.15) is 26.7 Å². The van der Waals surface area contributed by atoms with E-state index in [2.05, 4.69) is 19.9 Å². The van der Waals surface area contributed by atoms with Crippen molar-refractivity contribution in [1.82, 2.24) is 0 Å². The van der Waals surface area contributed by atoms with Crippen LogP contribution in [-0.2, 0) is 4.79 Å². The van der Waals surface area contributed by atoms with Crippen LogP contribution in [0.2, 0.25) is 0 Å². The van der Waals surface area contributed by atoms with Crippen molar-refractivity contribution in [2.75, 3.05) is 0 Å². The maximum Gasteiger partial charge on any atom is 0.320 e. The van der Waals surface area contributed by atoms with Gasteiger partial charge in [0, 0.05) is 24.3 Å². The van der Waals surface area contributed by atoms with Crippen LogP contribution in [0.25, 0.3) is 0 Å². The molecular formula is C11H15O2+. The second-order valence-electron chi connectivity index (χ2n) is 4.52. The normalized spacial score (nSPS) is 43.8. The lowest BCUT2D eigenvalue weighted by Crippen LogP contribution is -2.39. The highest BCUT2D eigenvalue weighted by atomic mass is 16.1. The Kier molecular flexibility index (Phi) is 1.69. The number of Topliss-reactive ketones (excluding diaryl/α,β-unsaturated/α-hetero) is 1. The van der Waals surface area contributed by atoms with Gasteiger partial charge >= 0.3 is 5.78 Å². The topological polar surface area (TPSA) is 38.5 Å². The second-order valence-corrected chi connectivity index (χ2v) is 4.52. The van der Waals surface area contributed by atoms with E-state index >= 15 is 0 Å². The van der Waals surface area contributed by atoms with Gasteiger partial charge in [0.2, 0.25) is 0 Å². The van der Waals surface area contributed by atoms with Gasteiger partial charge in [-0.05, 0) is 5.92 Å². The van der Waals surface area contributed by atoms with E-state index in [0.29, 0.717) is 24.5 Å². The number of carbonyl (C=O) groups is 1. The Labute approximate surface area is 78.0 Å². The molecule has 2 heteroatoms. The number of fused-ring (bicyclic) bond motifs is 1. The predicted octanol–water partition coefficient (Wildman–Crippen LogP) is 1.72. The van der Waals surface area contributed by atoms with Gasteiger partial charge in [0.25, 0.3) is 0 Å². The third-order valence-corrected chi connectivity index (χ3v) is 3.75. The smallest absolute Gasteiger partial charge is 0.300 e. The molecule has 70 valence electrons. The van der Waals surface area contributed by atoms with E-state index in [9.17, 15) is 9.59 Å². The van der Waals surface area contributed by atoms with E-state index in [4.69, 9.17) is 0 Å². The molecule has 0 bridgehead atoms. The van der Waals surface area contributed by atoms with Crippen molar-refractivity contribution < 1.29 is 9.59 Å². The zero-order valence-corrected chi connectivity index (χ0v) is 8.08. The summed E-state index contributed by atoms with van der Waals surface area (Å²) in [4.78, 5) is 21.0. The lowest BCUT2D eigenvalue weighted by molar-refractivity contribution is -0.124. The van der Waals surface area contributed by atoms with Gasteiger partial charge in [0.15, 0.2) is 0 Å². The number of rotatable bonds is 0. The average Bonchev–Trinajstić information content (AvgIpc) is 2.33. The van der Waals surface area contributed by atoms with Gasteiger partial charge in [-0.1, -0.05) is 19.9 Å².